The number of thiazole rings is 1. The maximum Gasteiger partial charge on any atom is 0.341 e. The second kappa shape index (κ2) is 2.53. The number of rotatable bonds is 0. The number of hydrogen-bond acceptors (Lipinski definition) is 4. The Bertz CT molecular complexity index is 447. The van der Waals surface area contributed by atoms with Gasteiger partial charge < -0.3 is 5.73 Å². The van der Waals surface area contributed by atoms with E-state index in [1.165, 1.54) is 11.3 Å². The molecule has 0 spiro atoms. The van der Waals surface area contributed by atoms with Crippen LogP contribution in [-0.2, 0) is 0 Å². The number of aromatic nitrogens is 3. The fourth-order valence-electron chi connectivity index (χ4n) is 0.820. The Morgan fingerprint density at radius 2 is 2.50 bits per heavy atom. The number of nitrogens with zero attached hydrogens (tertiary/aromatic N) is 3. The van der Waals surface area contributed by atoms with Crippen LogP contribution in [0.4, 0.5) is 4.79 Å². The molecule has 2 aromatic rings. The molecular formula is C5H2BrN4OS. The van der Waals surface area contributed by atoms with E-state index in [-0.39, 0.29) is 0 Å². The molecule has 12 heavy (non-hydrogen) atoms. The molecule has 0 saturated carbocycles. The third-order valence-electron chi connectivity index (χ3n) is 1.29. The Morgan fingerprint density at radius 1 is 1.75 bits per heavy atom. The third kappa shape index (κ3) is 0.935. The van der Waals surface area contributed by atoms with Gasteiger partial charge in [0.05, 0.1) is 0 Å². The number of halogens is 1. The molecule has 0 atom stereocenters. The van der Waals surface area contributed by atoms with Crippen molar-refractivity contribution in [3.63, 3.8) is 0 Å². The summed E-state index contributed by atoms with van der Waals surface area (Å²) in [5, 5.41) is 3.84. The molecule has 0 bridgehead atoms. The first-order valence-electron chi connectivity index (χ1n) is 2.91. The first kappa shape index (κ1) is 7.69. The highest BCUT2D eigenvalue weighted by Crippen LogP contribution is 2.25. The van der Waals surface area contributed by atoms with Gasteiger partial charge in [-0.3, -0.25) is 0 Å². The largest absolute Gasteiger partial charge is 0.350 e. The lowest BCUT2D eigenvalue weighted by Gasteiger charge is -1.89. The van der Waals surface area contributed by atoms with Crippen LogP contribution in [0, 0.1) is 5.51 Å². The van der Waals surface area contributed by atoms with Crippen LogP contribution in [-0.4, -0.2) is 20.8 Å². The average Bonchev–Trinajstić information content (AvgIpc) is 2.53. The maximum atomic E-state index is 10.8. The Kier molecular flexibility index (Phi) is 1.62. The summed E-state index contributed by atoms with van der Waals surface area (Å²) in [7, 11) is 0. The summed E-state index contributed by atoms with van der Waals surface area (Å²) in [6.07, 6.45) is 0. The molecule has 2 rings (SSSR count). The Labute approximate surface area is 79.3 Å². The molecule has 0 aliphatic heterocycles. The predicted octanol–water partition coefficient (Wildman–Crippen LogP) is 0.982. The molecule has 0 aromatic carbocycles. The van der Waals surface area contributed by atoms with Gasteiger partial charge in [-0.1, -0.05) is 0 Å². The highest BCUT2D eigenvalue weighted by atomic mass is 79.9. The van der Waals surface area contributed by atoms with Crippen LogP contribution in [0.15, 0.2) is 4.60 Å². The summed E-state index contributed by atoms with van der Waals surface area (Å²) in [4.78, 5) is 14.6. The minimum atomic E-state index is -0.648. The highest BCUT2D eigenvalue weighted by Gasteiger charge is 2.13. The lowest BCUT2D eigenvalue weighted by molar-refractivity contribution is 0.248. The zero-order chi connectivity index (χ0) is 8.72. The molecule has 0 unspecified atom stereocenters. The first-order valence-corrected chi connectivity index (χ1v) is 4.52. The number of carbonyl (C=O) groups excluding carboxylic acids is 1. The van der Waals surface area contributed by atoms with Crippen molar-refractivity contribution in [1.29, 1.82) is 0 Å². The van der Waals surface area contributed by atoms with Gasteiger partial charge in [0.1, 0.15) is 9.30 Å². The number of carbonyl (C=O) groups is 1. The standard InChI is InChI=1S/C5H2BrN4OS/c6-3-2-4(8-1-12-2)10(9-3)5(7)11/h(H2,7,11). The molecule has 2 heterocycles. The number of nitrogens with two attached hydrogens (primary N) is 1. The van der Waals surface area contributed by atoms with E-state index in [0.717, 1.165) is 9.38 Å². The van der Waals surface area contributed by atoms with Crippen LogP contribution in [0.1, 0.15) is 0 Å². The van der Waals surface area contributed by atoms with Crippen molar-refractivity contribution in [2.75, 3.05) is 0 Å². The normalized spacial score (nSPS) is 10.8. The van der Waals surface area contributed by atoms with Crippen LogP contribution in [0.3, 0.4) is 0 Å². The molecular weight excluding hydrogens is 244 g/mol. The fraction of sp³-hybridized carbons (Fsp3) is 0. The van der Waals surface area contributed by atoms with Gasteiger partial charge in [0.15, 0.2) is 11.2 Å². The van der Waals surface area contributed by atoms with E-state index in [1.54, 1.807) is 0 Å². The maximum absolute atomic E-state index is 10.8. The molecule has 7 heteroatoms. The van der Waals surface area contributed by atoms with E-state index in [9.17, 15) is 4.79 Å². The molecule has 0 aliphatic rings. The van der Waals surface area contributed by atoms with Gasteiger partial charge in [0.2, 0.25) is 0 Å². The SMILES string of the molecule is NC(=O)n1nc(Br)c2s[c]nc21. The molecule has 0 fully saturated rings. The van der Waals surface area contributed by atoms with E-state index < -0.39 is 6.03 Å². The molecule has 61 valence electrons. The lowest BCUT2D eigenvalue weighted by atomic mass is 10.7. The highest BCUT2D eigenvalue weighted by molar-refractivity contribution is 9.10. The van der Waals surface area contributed by atoms with Crippen LogP contribution in [0.5, 0.6) is 0 Å². The van der Waals surface area contributed by atoms with Gasteiger partial charge in [-0.15, -0.1) is 11.3 Å². The first-order chi connectivity index (χ1) is 5.70. The zero-order valence-electron chi connectivity index (χ0n) is 5.61. The van der Waals surface area contributed by atoms with Crippen molar-refractivity contribution in [1.82, 2.24) is 14.8 Å². The summed E-state index contributed by atoms with van der Waals surface area (Å²) in [5.41, 5.74) is 8.13. The molecule has 0 aliphatic carbocycles. The molecule has 2 N–H and O–H groups in total. The second-order valence-corrected chi connectivity index (χ2v) is 3.54. The second-order valence-electron chi connectivity index (χ2n) is 2.00. The van der Waals surface area contributed by atoms with E-state index in [1.807, 2.05) is 0 Å². The van der Waals surface area contributed by atoms with E-state index in [4.69, 9.17) is 5.73 Å². The average molecular weight is 246 g/mol. The van der Waals surface area contributed by atoms with Gasteiger partial charge in [0, 0.05) is 0 Å². The summed E-state index contributed by atoms with van der Waals surface area (Å²) < 4.78 is 2.37. The molecule has 2 aromatic heterocycles. The smallest absolute Gasteiger partial charge is 0.341 e. The minimum absolute atomic E-state index is 0.444. The van der Waals surface area contributed by atoms with E-state index in [0.29, 0.717) is 10.3 Å². The van der Waals surface area contributed by atoms with Crippen molar-refractivity contribution in [3.8, 4) is 0 Å². The van der Waals surface area contributed by atoms with E-state index in [2.05, 4.69) is 31.5 Å². The fourth-order valence-corrected chi connectivity index (χ4v) is 1.97. The summed E-state index contributed by atoms with van der Waals surface area (Å²) in [6, 6.07) is -0.648. The van der Waals surface area contributed by atoms with Gasteiger partial charge in [-0.05, 0) is 15.9 Å². The van der Waals surface area contributed by atoms with Crippen molar-refractivity contribution in [2.45, 2.75) is 0 Å². The van der Waals surface area contributed by atoms with Gasteiger partial charge in [-0.2, -0.15) is 9.78 Å². The van der Waals surface area contributed by atoms with Gasteiger partial charge >= 0.3 is 6.03 Å². The van der Waals surface area contributed by atoms with Crippen LogP contribution in [0.2, 0.25) is 0 Å². The van der Waals surface area contributed by atoms with E-state index >= 15 is 0 Å². The van der Waals surface area contributed by atoms with Crippen molar-refractivity contribution in [2.24, 2.45) is 5.73 Å². The number of primary amides is 1. The van der Waals surface area contributed by atoms with Crippen molar-refractivity contribution < 1.29 is 4.79 Å². The Hall–Kier alpha value is -0.950. The monoisotopic (exact) mass is 245 g/mol. The third-order valence-corrected chi connectivity index (χ3v) is 2.87. The summed E-state index contributed by atoms with van der Waals surface area (Å²) in [5.74, 6) is 0. The topological polar surface area (TPSA) is 73.8 Å². The lowest BCUT2D eigenvalue weighted by Crippen LogP contribution is -2.20. The molecule has 0 saturated heterocycles. The van der Waals surface area contributed by atoms with Gasteiger partial charge in [-0.25, -0.2) is 9.78 Å². The number of hydrogen-bond donors (Lipinski definition) is 1. The molecule has 1 radical (unpaired) electrons. The summed E-state index contributed by atoms with van der Waals surface area (Å²) in [6.45, 7) is 0. The number of fused-ring (bicyclic) bond motifs is 1. The van der Waals surface area contributed by atoms with Crippen molar-refractivity contribution >= 4 is 43.6 Å². The van der Waals surface area contributed by atoms with Gasteiger partial charge in [0.25, 0.3) is 0 Å². The minimum Gasteiger partial charge on any atom is -0.350 e. The number of amides is 1. The van der Waals surface area contributed by atoms with Crippen LogP contribution >= 0.6 is 27.3 Å². The van der Waals surface area contributed by atoms with Crippen LogP contribution < -0.4 is 5.73 Å². The Morgan fingerprint density at radius 3 is 3.17 bits per heavy atom. The summed E-state index contributed by atoms with van der Waals surface area (Å²) >= 11 is 4.45. The molecule has 1 amide bonds. The van der Waals surface area contributed by atoms with Crippen LogP contribution in [0.25, 0.3) is 10.3 Å². The zero-order valence-corrected chi connectivity index (χ0v) is 8.02. The molecule has 5 nitrogen and oxygen atoms in total. The van der Waals surface area contributed by atoms with Crippen molar-refractivity contribution in [3.05, 3.63) is 10.1 Å². The Balaban J connectivity index is 2.83. The predicted molar refractivity (Wildman–Crippen MR) is 46.9 cm³/mol. The quantitative estimate of drug-likeness (QED) is 0.752.